The van der Waals surface area contributed by atoms with Gasteiger partial charge in [0.1, 0.15) is 0 Å². The Morgan fingerprint density at radius 2 is 1.83 bits per heavy atom. The molecule has 1 aromatic carbocycles. The Morgan fingerprint density at radius 3 is 2.70 bits per heavy atom. The minimum atomic E-state index is -0.504. The molecule has 3 aromatic rings. The molecule has 2 aliphatic heterocycles. The lowest BCUT2D eigenvalue weighted by Gasteiger charge is -2.42. The number of carbonyl (C=O) groups excluding carboxylic acids is 1. The van der Waals surface area contributed by atoms with Gasteiger partial charge in [-0.05, 0) is 30.5 Å². The number of amides is 1. The Morgan fingerprint density at radius 1 is 1.00 bits per heavy atom. The number of para-hydroxylation sites is 1. The van der Waals surface area contributed by atoms with Gasteiger partial charge in [0.2, 0.25) is 5.91 Å². The van der Waals surface area contributed by atoms with E-state index in [2.05, 4.69) is 4.98 Å². The van der Waals surface area contributed by atoms with Crippen LogP contribution in [0.15, 0.2) is 56.8 Å². The van der Waals surface area contributed by atoms with Crippen molar-refractivity contribution in [3.8, 4) is 0 Å². The number of piperidine rings is 1. The maximum atomic E-state index is 12.9. The van der Waals surface area contributed by atoms with E-state index in [1.54, 1.807) is 36.4 Å². The Labute approximate surface area is 171 Å². The molecule has 0 aliphatic carbocycles. The van der Waals surface area contributed by atoms with Crippen LogP contribution in [0.1, 0.15) is 24.5 Å². The first-order valence-electron chi connectivity index (χ1n) is 10.2. The zero-order valence-corrected chi connectivity index (χ0v) is 16.4. The van der Waals surface area contributed by atoms with Crippen molar-refractivity contribution in [3.63, 3.8) is 0 Å². The van der Waals surface area contributed by atoms with Gasteiger partial charge in [-0.2, -0.15) is 0 Å². The van der Waals surface area contributed by atoms with Crippen LogP contribution in [-0.4, -0.2) is 38.0 Å². The summed E-state index contributed by atoms with van der Waals surface area (Å²) in [6.45, 7) is 1.82. The molecule has 1 fully saturated rings. The number of pyridine rings is 1. The van der Waals surface area contributed by atoms with Gasteiger partial charge in [0, 0.05) is 50.3 Å². The average molecular weight is 406 g/mol. The van der Waals surface area contributed by atoms with Crippen molar-refractivity contribution < 1.29 is 4.79 Å². The lowest BCUT2D eigenvalue weighted by atomic mass is 9.83. The quantitative estimate of drug-likeness (QED) is 0.699. The van der Waals surface area contributed by atoms with Crippen LogP contribution in [0.2, 0.25) is 0 Å². The normalized spacial score (nSPS) is 20.2. The van der Waals surface area contributed by atoms with Crippen LogP contribution in [0.4, 0.5) is 0 Å². The first kappa shape index (κ1) is 18.6. The van der Waals surface area contributed by atoms with Crippen LogP contribution in [0, 0.1) is 5.92 Å². The second-order valence-corrected chi connectivity index (χ2v) is 8.18. The maximum absolute atomic E-state index is 12.9. The van der Waals surface area contributed by atoms with Gasteiger partial charge >= 0.3 is 5.69 Å². The van der Waals surface area contributed by atoms with Gasteiger partial charge in [-0.15, -0.1) is 0 Å². The van der Waals surface area contributed by atoms with E-state index in [0.29, 0.717) is 30.5 Å². The van der Waals surface area contributed by atoms with Crippen molar-refractivity contribution in [3.05, 3.63) is 79.4 Å². The summed E-state index contributed by atoms with van der Waals surface area (Å²) < 4.78 is 2.93. The van der Waals surface area contributed by atoms with Crippen molar-refractivity contribution in [2.45, 2.75) is 31.8 Å². The van der Waals surface area contributed by atoms with Crippen molar-refractivity contribution in [1.82, 2.24) is 19.0 Å². The lowest BCUT2D eigenvalue weighted by molar-refractivity contribution is -0.134. The highest BCUT2D eigenvalue weighted by Crippen LogP contribution is 2.35. The summed E-state index contributed by atoms with van der Waals surface area (Å²) in [6, 6.07) is 12.2. The molecule has 8 heteroatoms. The number of rotatable bonds is 3. The van der Waals surface area contributed by atoms with E-state index in [9.17, 15) is 19.2 Å². The van der Waals surface area contributed by atoms with Crippen LogP contribution in [0.25, 0.3) is 10.9 Å². The number of hydrogen-bond acceptors (Lipinski definition) is 4. The summed E-state index contributed by atoms with van der Waals surface area (Å²) in [6.07, 6.45) is 1.05. The Bertz CT molecular complexity index is 1320. The predicted octanol–water partition coefficient (Wildman–Crippen LogP) is 0.887. The molecule has 30 heavy (non-hydrogen) atoms. The molecule has 1 N–H and O–H groups in total. The number of nitrogens with one attached hydrogen (secondary N) is 1. The fourth-order valence-electron chi connectivity index (χ4n) is 4.87. The lowest BCUT2D eigenvalue weighted by Crippen LogP contribution is -2.49. The Hall–Kier alpha value is -3.42. The monoisotopic (exact) mass is 406 g/mol. The van der Waals surface area contributed by atoms with E-state index >= 15 is 0 Å². The van der Waals surface area contributed by atoms with Crippen LogP contribution >= 0.6 is 0 Å². The second kappa shape index (κ2) is 7.12. The van der Waals surface area contributed by atoms with Crippen molar-refractivity contribution in [2.75, 3.05) is 13.1 Å². The smallest absolute Gasteiger partial charge is 0.328 e. The number of aromatic amines is 1. The highest BCUT2D eigenvalue weighted by molar-refractivity contribution is 5.77. The minimum absolute atomic E-state index is 0.0110. The van der Waals surface area contributed by atoms with Crippen molar-refractivity contribution >= 4 is 16.8 Å². The fraction of sp³-hybridized carbons (Fsp3) is 0.364. The SMILES string of the molecule is O=C(CCn1c(=O)[nH]c2ccccc2c1=O)N1CC2CC(C1)c1cccc(=O)n1C2. The number of fused-ring (bicyclic) bond motifs is 5. The summed E-state index contributed by atoms with van der Waals surface area (Å²) in [5, 5.41) is 0.430. The number of H-pyrrole nitrogens is 1. The predicted molar refractivity (Wildman–Crippen MR) is 112 cm³/mol. The van der Waals surface area contributed by atoms with Crippen LogP contribution < -0.4 is 16.8 Å². The van der Waals surface area contributed by atoms with Crippen LogP contribution in [0.3, 0.4) is 0 Å². The first-order valence-corrected chi connectivity index (χ1v) is 10.2. The largest absolute Gasteiger partial charge is 0.342 e. The van der Waals surface area contributed by atoms with Crippen LogP contribution in [0.5, 0.6) is 0 Å². The number of hydrogen-bond donors (Lipinski definition) is 1. The number of benzene rings is 1. The zero-order valence-electron chi connectivity index (χ0n) is 16.4. The minimum Gasteiger partial charge on any atom is -0.342 e. The topological polar surface area (TPSA) is 97.2 Å². The molecule has 4 heterocycles. The molecule has 0 radical (unpaired) electrons. The van der Waals surface area contributed by atoms with Crippen LogP contribution in [-0.2, 0) is 17.9 Å². The number of carbonyl (C=O) groups is 1. The van der Waals surface area contributed by atoms with Gasteiger partial charge in [-0.3, -0.25) is 19.0 Å². The second-order valence-electron chi connectivity index (χ2n) is 8.18. The molecule has 2 aromatic heterocycles. The maximum Gasteiger partial charge on any atom is 0.328 e. The van der Waals surface area contributed by atoms with Gasteiger partial charge in [0.05, 0.1) is 10.9 Å². The third-order valence-corrected chi connectivity index (χ3v) is 6.27. The summed E-state index contributed by atoms with van der Waals surface area (Å²) >= 11 is 0. The van der Waals surface area contributed by atoms with E-state index in [-0.39, 0.29) is 41.8 Å². The summed E-state index contributed by atoms with van der Waals surface area (Å²) in [7, 11) is 0. The van der Waals surface area contributed by atoms with Gasteiger partial charge in [-0.1, -0.05) is 18.2 Å². The highest BCUT2D eigenvalue weighted by atomic mass is 16.2. The van der Waals surface area contributed by atoms with E-state index in [1.807, 2.05) is 15.5 Å². The third kappa shape index (κ3) is 3.08. The standard InChI is InChI=1S/C22H22N4O4/c27-19(8-9-25-21(29)16-4-1-2-5-17(16)23-22(25)30)24-11-14-10-15(13-24)18-6-3-7-20(28)26(18)12-14/h1-7,14-15H,8-13H2,(H,23,30). The molecule has 0 spiro atoms. The average Bonchev–Trinajstić information content (AvgIpc) is 2.74. The van der Waals surface area contributed by atoms with Gasteiger partial charge in [0.15, 0.2) is 0 Å². The van der Waals surface area contributed by atoms with E-state index in [4.69, 9.17) is 0 Å². The number of aromatic nitrogens is 3. The summed E-state index contributed by atoms with van der Waals surface area (Å²) in [4.78, 5) is 54.5. The summed E-state index contributed by atoms with van der Waals surface area (Å²) in [5.41, 5.74) is 0.601. The van der Waals surface area contributed by atoms with Crippen molar-refractivity contribution in [1.29, 1.82) is 0 Å². The number of likely N-dealkylation sites (tertiary alicyclic amines) is 1. The zero-order chi connectivity index (χ0) is 20.8. The molecule has 0 saturated carbocycles. The molecule has 2 unspecified atom stereocenters. The van der Waals surface area contributed by atoms with Gasteiger partial charge < -0.3 is 14.5 Å². The van der Waals surface area contributed by atoms with Gasteiger partial charge in [-0.25, -0.2) is 4.79 Å². The molecule has 5 rings (SSSR count). The van der Waals surface area contributed by atoms with E-state index < -0.39 is 5.69 Å². The molecule has 1 saturated heterocycles. The summed E-state index contributed by atoms with van der Waals surface area (Å²) in [5.74, 6) is 0.310. The molecule has 8 nitrogen and oxygen atoms in total. The van der Waals surface area contributed by atoms with E-state index in [1.165, 1.54) is 0 Å². The molecule has 2 bridgehead atoms. The number of nitrogens with zero attached hydrogens (tertiary/aromatic N) is 3. The molecule has 154 valence electrons. The Balaban J connectivity index is 1.34. The third-order valence-electron chi connectivity index (χ3n) is 6.27. The van der Waals surface area contributed by atoms with Gasteiger partial charge in [0.25, 0.3) is 11.1 Å². The fourth-order valence-corrected chi connectivity index (χ4v) is 4.87. The highest BCUT2D eigenvalue weighted by Gasteiger charge is 2.36. The van der Waals surface area contributed by atoms with Crippen molar-refractivity contribution in [2.24, 2.45) is 5.92 Å². The molecule has 1 amide bonds. The molecular formula is C22H22N4O4. The van der Waals surface area contributed by atoms with E-state index in [0.717, 1.165) is 16.7 Å². The molecule has 2 aliphatic rings. The molecule has 2 atom stereocenters. The Kier molecular flexibility index (Phi) is 4.42. The first-order chi connectivity index (χ1) is 14.5. The molecular weight excluding hydrogens is 384 g/mol.